The topological polar surface area (TPSA) is 9.23 Å². The van der Waals surface area contributed by atoms with Gasteiger partial charge in [0.15, 0.2) is 0 Å². The lowest BCUT2D eigenvalue weighted by molar-refractivity contribution is 0.162. The highest BCUT2D eigenvalue weighted by atomic mass is 35.5. The van der Waals surface area contributed by atoms with E-state index in [2.05, 4.69) is 13.8 Å². The van der Waals surface area contributed by atoms with E-state index in [-0.39, 0.29) is 5.34 Å². The van der Waals surface area contributed by atoms with Crippen molar-refractivity contribution in [3.8, 4) is 0 Å². The first kappa shape index (κ1) is 19.2. The highest BCUT2D eigenvalue weighted by Gasteiger charge is 1.68. The molecule has 0 aromatic rings. The Balaban J connectivity index is -0.000000120. The van der Waals surface area contributed by atoms with E-state index >= 15 is 0 Å². The average molecular weight is 231 g/mol. The molecule has 0 radical (unpaired) electrons. The Morgan fingerprint density at radius 1 is 0.846 bits per heavy atom. The predicted molar refractivity (Wildman–Crippen MR) is 63.9 cm³/mol. The van der Waals surface area contributed by atoms with Gasteiger partial charge in [-0.15, -0.1) is 23.2 Å². The standard InChI is InChI=1S/C5H12.C4H10O.CH2Cl2/c2*1-3-5-4-2;2-1-3/h3-5H2,1-2H3;3-4H2,1-2H3;1H2. The third kappa shape index (κ3) is 67.6. The fourth-order valence-corrected chi connectivity index (χ4v) is 0.558. The number of hydrogen-bond donors (Lipinski definition) is 0. The second kappa shape index (κ2) is 29.4. The van der Waals surface area contributed by atoms with E-state index in [1.54, 1.807) is 0 Å². The Bertz CT molecular complexity index is 42.2. The lowest BCUT2D eigenvalue weighted by Gasteiger charge is -1.86. The van der Waals surface area contributed by atoms with Gasteiger partial charge in [-0.05, 0) is 13.8 Å². The molecule has 0 atom stereocenters. The van der Waals surface area contributed by atoms with Gasteiger partial charge in [-0.3, -0.25) is 0 Å². The molecule has 0 unspecified atom stereocenters. The molecule has 0 fully saturated rings. The van der Waals surface area contributed by atoms with Crippen LogP contribution in [0.2, 0.25) is 0 Å². The first-order chi connectivity index (χ1) is 6.24. The van der Waals surface area contributed by atoms with E-state index < -0.39 is 0 Å². The molecule has 0 saturated carbocycles. The Morgan fingerprint density at radius 2 is 1.15 bits per heavy atom. The van der Waals surface area contributed by atoms with E-state index in [0.29, 0.717) is 0 Å². The van der Waals surface area contributed by atoms with E-state index in [1.165, 1.54) is 19.3 Å². The van der Waals surface area contributed by atoms with E-state index in [9.17, 15) is 0 Å². The summed E-state index contributed by atoms with van der Waals surface area (Å²) in [7, 11) is 0. The van der Waals surface area contributed by atoms with Gasteiger partial charge in [-0.2, -0.15) is 0 Å². The summed E-state index contributed by atoms with van der Waals surface area (Å²) in [6.07, 6.45) is 4.08. The SMILES string of the molecule is CCCCC.CCOCC.ClCCl. The summed E-state index contributed by atoms with van der Waals surface area (Å²) in [5.41, 5.74) is 0. The summed E-state index contributed by atoms with van der Waals surface area (Å²) in [6.45, 7) is 10.1. The zero-order valence-corrected chi connectivity index (χ0v) is 10.9. The smallest absolute Gasteiger partial charge is 0.0967 e. The first-order valence-corrected chi connectivity index (χ1v) is 6.01. The number of rotatable bonds is 4. The molecule has 0 aliphatic heterocycles. The predicted octanol–water partition coefficient (Wildman–Crippen LogP) is 4.66. The number of unbranched alkanes of at least 4 members (excludes halogenated alkanes) is 2. The number of ether oxygens (including phenoxy) is 1. The van der Waals surface area contributed by atoms with Crippen molar-refractivity contribution in [2.24, 2.45) is 0 Å². The third-order valence-electron chi connectivity index (χ3n) is 1.12. The van der Waals surface area contributed by atoms with Crippen LogP contribution in [0, 0.1) is 0 Å². The van der Waals surface area contributed by atoms with Crippen LogP contribution >= 0.6 is 23.2 Å². The monoisotopic (exact) mass is 230 g/mol. The molecule has 0 amide bonds. The van der Waals surface area contributed by atoms with E-state index in [4.69, 9.17) is 27.9 Å². The molecule has 0 bridgehead atoms. The quantitative estimate of drug-likeness (QED) is 0.639. The van der Waals surface area contributed by atoms with E-state index in [0.717, 1.165) is 13.2 Å². The second-order valence-electron chi connectivity index (χ2n) is 2.24. The third-order valence-corrected chi connectivity index (χ3v) is 1.12. The molecule has 13 heavy (non-hydrogen) atoms. The van der Waals surface area contributed by atoms with Gasteiger partial charge >= 0.3 is 0 Å². The Morgan fingerprint density at radius 3 is 1.15 bits per heavy atom. The molecule has 0 saturated heterocycles. The second-order valence-corrected chi connectivity index (χ2v) is 3.04. The maximum Gasteiger partial charge on any atom is 0.0967 e. The zero-order chi connectivity index (χ0) is 10.9. The molecule has 0 heterocycles. The molecule has 0 aromatic carbocycles. The minimum atomic E-state index is 0.194. The van der Waals surface area contributed by atoms with Crippen molar-refractivity contribution < 1.29 is 4.74 Å². The van der Waals surface area contributed by atoms with Gasteiger partial charge in [0, 0.05) is 13.2 Å². The van der Waals surface area contributed by atoms with Gasteiger partial charge in [-0.25, -0.2) is 0 Å². The Hall–Kier alpha value is 0.540. The summed E-state index contributed by atoms with van der Waals surface area (Å²) in [5, 5.41) is 0.194. The lowest BCUT2D eigenvalue weighted by Crippen LogP contribution is -1.84. The molecule has 0 aliphatic carbocycles. The van der Waals surface area contributed by atoms with Gasteiger partial charge in [0.05, 0.1) is 5.34 Å². The van der Waals surface area contributed by atoms with Crippen molar-refractivity contribution >= 4 is 23.2 Å². The Kier molecular flexibility index (Phi) is 43.3. The molecule has 0 aromatic heterocycles. The van der Waals surface area contributed by atoms with Crippen molar-refractivity contribution in [2.45, 2.75) is 47.0 Å². The highest BCUT2D eigenvalue weighted by Crippen LogP contribution is 1.88. The summed E-state index contributed by atoms with van der Waals surface area (Å²) in [5.74, 6) is 0. The van der Waals surface area contributed by atoms with Crippen LogP contribution in [0.4, 0.5) is 0 Å². The van der Waals surface area contributed by atoms with Crippen molar-refractivity contribution in [2.75, 3.05) is 18.6 Å². The molecule has 84 valence electrons. The maximum atomic E-state index is 4.83. The minimum Gasteiger partial charge on any atom is -0.382 e. The maximum absolute atomic E-state index is 4.83. The summed E-state index contributed by atoms with van der Waals surface area (Å²) in [4.78, 5) is 0. The fraction of sp³-hybridized carbons (Fsp3) is 1.00. The molecular formula is C10H24Cl2O. The highest BCUT2D eigenvalue weighted by molar-refractivity contribution is 6.40. The average Bonchev–Trinajstić information content (AvgIpc) is 2.09. The van der Waals surface area contributed by atoms with E-state index in [1.807, 2.05) is 13.8 Å². The molecule has 0 aliphatic rings. The van der Waals surface area contributed by atoms with Gasteiger partial charge in [0.25, 0.3) is 0 Å². The summed E-state index contributed by atoms with van der Waals surface area (Å²) >= 11 is 9.53. The molecule has 0 rings (SSSR count). The van der Waals surface area contributed by atoms with Crippen molar-refractivity contribution in [3.05, 3.63) is 0 Å². The summed E-state index contributed by atoms with van der Waals surface area (Å²) < 4.78 is 4.83. The number of hydrogen-bond acceptors (Lipinski definition) is 1. The number of alkyl halides is 2. The van der Waals surface area contributed by atoms with Crippen molar-refractivity contribution in [1.29, 1.82) is 0 Å². The van der Waals surface area contributed by atoms with Gasteiger partial charge in [-0.1, -0.05) is 33.1 Å². The summed E-state index contributed by atoms with van der Waals surface area (Å²) in [6, 6.07) is 0. The molecule has 0 spiro atoms. The largest absolute Gasteiger partial charge is 0.382 e. The van der Waals surface area contributed by atoms with Crippen LogP contribution in [-0.4, -0.2) is 18.6 Å². The molecule has 1 nitrogen and oxygen atoms in total. The van der Waals surface area contributed by atoms with Gasteiger partial charge in [0.1, 0.15) is 0 Å². The number of halogens is 2. The van der Waals surface area contributed by atoms with Crippen LogP contribution < -0.4 is 0 Å². The zero-order valence-electron chi connectivity index (χ0n) is 9.41. The molecular weight excluding hydrogens is 207 g/mol. The fourth-order valence-electron chi connectivity index (χ4n) is 0.558. The van der Waals surface area contributed by atoms with Crippen LogP contribution in [-0.2, 0) is 4.74 Å². The van der Waals surface area contributed by atoms with Crippen LogP contribution in [0.3, 0.4) is 0 Å². The molecule has 3 heteroatoms. The lowest BCUT2D eigenvalue weighted by atomic mass is 10.3. The van der Waals surface area contributed by atoms with Gasteiger partial charge < -0.3 is 4.74 Å². The normalized spacial score (nSPS) is 7.85. The molecule has 0 N–H and O–H groups in total. The minimum absolute atomic E-state index is 0.194. The van der Waals surface area contributed by atoms with Crippen LogP contribution in [0.15, 0.2) is 0 Å². The van der Waals surface area contributed by atoms with Crippen molar-refractivity contribution in [1.82, 2.24) is 0 Å². The van der Waals surface area contributed by atoms with Crippen LogP contribution in [0.1, 0.15) is 47.0 Å². The first-order valence-electron chi connectivity index (χ1n) is 4.94. The van der Waals surface area contributed by atoms with Crippen LogP contribution in [0.25, 0.3) is 0 Å². The van der Waals surface area contributed by atoms with Gasteiger partial charge in [0.2, 0.25) is 0 Å². The Labute approximate surface area is 93.8 Å². The van der Waals surface area contributed by atoms with Crippen LogP contribution in [0.5, 0.6) is 0 Å². The van der Waals surface area contributed by atoms with Crippen molar-refractivity contribution in [3.63, 3.8) is 0 Å².